The number of nitro benzene ring substituents is 1. The first-order chi connectivity index (χ1) is 15.2. The molecule has 1 saturated heterocycles. The van der Waals surface area contributed by atoms with Gasteiger partial charge < -0.3 is 19.7 Å². The van der Waals surface area contributed by atoms with Gasteiger partial charge in [-0.1, -0.05) is 6.92 Å². The zero-order chi connectivity index (χ0) is 25.0. The van der Waals surface area contributed by atoms with Gasteiger partial charge in [0.05, 0.1) is 28.6 Å². The molecule has 9 nitrogen and oxygen atoms in total. The average Bonchev–Trinajstić information content (AvgIpc) is 2.66. The molecule has 0 aliphatic carbocycles. The van der Waals surface area contributed by atoms with Gasteiger partial charge in [0.2, 0.25) is 0 Å². The van der Waals surface area contributed by atoms with Crippen LogP contribution in [0, 0.1) is 15.9 Å². The Kier molecular flexibility index (Phi) is 7.92. The highest BCUT2D eigenvalue weighted by molar-refractivity contribution is 5.75. The van der Waals surface area contributed by atoms with Crippen molar-refractivity contribution in [2.45, 2.75) is 84.0 Å². The number of carbonyl (C=O) groups excluding carboxylic acids is 2. The van der Waals surface area contributed by atoms with Crippen molar-refractivity contribution < 1.29 is 28.4 Å². The van der Waals surface area contributed by atoms with Crippen LogP contribution in [-0.4, -0.2) is 46.8 Å². The van der Waals surface area contributed by atoms with Crippen LogP contribution in [0.5, 0.6) is 0 Å². The number of nitrogens with zero attached hydrogens (tertiary/aromatic N) is 2. The summed E-state index contributed by atoms with van der Waals surface area (Å²) in [6, 6.07) is 3.52. The van der Waals surface area contributed by atoms with Crippen molar-refractivity contribution in [3.63, 3.8) is 0 Å². The van der Waals surface area contributed by atoms with Crippen molar-refractivity contribution in [2.24, 2.45) is 0 Å². The summed E-state index contributed by atoms with van der Waals surface area (Å²) in [7, 11) is 0. The Labute approximate surface area is 193 Å². The highest BCUT2D eigenvalue weighted by Crippen LogP contribution is 2.33. The number of halogens is 1. The van der Waals surface area contributed by atoms with Crippen LogP contribution in [0.4, 0.5) is 20.6 Å². The molecule has 184 valence electrons. The van der Waals surface area contributed by atoms with Crippen LogP contribution in [0.2, 0.25) is 0 Å². The number of carbonyl (C=O) groups is 2. The van der Waals surface area contributed by atoms with E-state index in [1.54, 1.807) is 25.7 Å². The number of amides is 1. The number of ether oxygens (including phenoxy) is 2. The van der Waals surface area contributed by atoms with E-state index in [0.29, 0.717) is 32.4 Å². The number of non-ortho nitro benzene ring substituents is 1. The maximum Gasteiger partial charge on any atom is 0.408 e. The van der Waals surface area contributed by atoms with Crippen LogP contribution < -0.4 is 10.2 Å². The van der Waals surface area contributed by atoms with Gasteiger partial charge in [-0.2, -0.15) is 0 Å². The average molecular weight is 468 g/mol. The molecule has 1 heterocycles. The van der Waals surface area contributed by atoms with E-state index in [4.69, 9.17) is 9.47 Å². The van der Waals surface area contributed by atoms with Gasteiger partial charge >= 0.3 is 12.1 Å². The number of anilines is 1. The number of piperidine rings is 1. The van der Waals surface area contributed by atoms with Crippen LogP contribution in [-0.2, 0) is 14.3 Å². The third-order valence-electron chi connectivity index (χ3n) is 5.69. The van der Waals surface area contributed by atoms with Crippen molar-refractivity contribution in [3.05, 3.63) is 34.1 Å². The van der Waals surface area contributed by atoms with Gasteiger partial charge in [0.25, 0.3) is 5.69 Å². The van der Waals surface area contributed by atoms with Crippen LogP contribution in [0.15, 0.2) is 18.2 Å². The first-order valence-electron chi connectivity index (χ1n) is 11.1. The van der Waals surface area contributed by atoms with Gasteiger partial charge in [-0.25, -0.2) is 9.18 Å². The summed E-state index contributed by atoms with van der Waals surface area (Å²) < 4.78 is 25.5. The lowest BCUT2D eigenvalue weighted by atomic mass is 9.84. The summed E-state index contributed by atoms with van der Waals surface area (Å²) in [6.45, 7) is 11.5. The Morgan fingerprint density at radius 3 is 2.27 bits per heavy atom. The van der Waals surface area contributed by atoms with E-state index < -0.39 is 39.5 Å². The Morgan fingerprint density at radius 1 is 1.18 bits per heavy atom. The lowest BCUT2D eigenvalue weighted by Crippen LogP contribution is -2.57. The molecule has 2 rings (SSSR count). The maximum absolute atomic E-state index is 14.5. The molecule has 0 aromatic heterocycles. The van der Waals surface area contributed by atoms with Crippen molar-refractivity contribution in [2.75, 3.05) is 18.0 Å². The predicted molar refractivity (Wildman–Crippen MR) is 122 cm³/mol. The second-order valence-corrected chi connectivity index (χ2v) is 10.1. The second-order valence-electron chi connectivity index (χ2n) is 10.1. The van der Waals surface area contributed by atoms with E-state index in [1.165, 1.54) is 12.1 Å². The molecular weight excluding hydrogens is 433 g/mol. The molecule has 1 aromatic rings. The van der Waals surface area contributed by atoms with Crippen LogP contribution in [0.25, 0.3) is 0 Å². The van der Waals surface area contributed by atoms with E-state index in [2.05, 4.69) is 5.32 Å². The molecule has 0 spiro atoms. The minimum atomic E-state index is -0.920. The summed E-state index contributed by atoms with van der Waals surface area (Å²) in [4.78, 5) is 37.2. The molecular formula is C23H34FN3O6. The molecule has 0 unspecified atom stereocenters. The number of hydrogen-bond donors (Lipinski definition) is 1. The fourth-order valence-electron chi connectivity index (χ4n) is 3.60. The number of esters is 1. The molecule has 0 saturated carbocycles. The van der Waals surface area contributed by atoms with Crippen molar-refractivity contribution in [3.8, 4) is 0 Å². The van der Waals surface area contributed by atoms with E-state index in [0.717, 1.165) is 6.07 Å². The molecule has 1 fully saturated rings. The predicted octanol–water partition coefficient (Wildman–Crippen LogP) is 4.72. The fourth-order valence-corrected chi connectivity index (χ4v) is 3.60. The number of nitro groups is 1. The lowest BCUT2D eigenvalue weighted by molar-refractivity contribution is -0.385. The zero-order valence-electron chi connectivity index (χ0n) is 20.2. The summed E-state index contributed by atoms with van der Waals surface area (Å²) in [5, 5.41) is 13.7. The van der Waals surface area contributed by atoms with E-state index in [9.17, 15) is 24.1 Å². The van der Waals surface area contributed by atoms with Gasteiger partial charge in [-0.15, -0.1) is 0 Å². The summed E-state index contributed by atoms with van der Waals surface area (Å²) in [6.07, 6.45) is 0.624. The molecule has 0 bridgehead atoms. The third-order valence-corrected chi connectivity index (χ3v) is 5.69. The number of rotatable bonds is 7. The van der Waals surface area contributed by atoms with Gasteiger partial charge in [-0.05, 0) is 59.9 Å². The number of benzene rings is 1. The molecule has 0 radical (unpaired) electrons. The molecule has 0 atom stereocenters. The molecule has 1 amide bonds. The monoisotopic (exact) mass is 467 g/mol. The minimum absolute atomic E-state index is 0.0493. The van der Waals surface area contributed by atoms with Crippen LogP contribution in [0.1, 0.15) is 67.2 Å². The Hall–Kier alpha value is -2.91. The lowest BCUT2D eigenvalue weighted by Gasteiger charge is -2.43. The Bertz CT molecular complexity index is 889. The maximum atomic E-state index is 14.5. The first kappa shape index (κ1) is 26.3. The summed E-state index contributed by atoms with van der Waals surface area (Å²) in [5.41, 5.74) is -2.35. The van der Waals surface area contributed by atoms with Crippen molar-refractivity contribution >= 4 is 23.4 Å². The highest BCUT2D eigenvalue weighted by atomic mass is 19.1. The first-order valence-corrected chi connectivity index (χ1v) is 11.1. The molecule has 1 aliphatic heterocycles. The van der Waals surface area contributed by atoms with Gasteiger partial charge in [0.15, 0.2) is 5.82 Å². The highest BCUT2D eigenvalue weighted by Gasteiger charge is 2.41. The Balaban J connectivity index is 2.19. The smallest absolute Gasteiger partial charge is 0.408 e. The van der Waals surface area contributed by atoms with Gasteiger partial charge in [0.1, 0.15) is 11.2 Å². The quantitative estimate of drug-likeness (QED) is 0.351. The minimum Gasteiger partial charge on any atom is -0.460 e. The van der Waals surface area contributed by atoms with E-state index >= 15 is 0 Å². The third kappa shape index (κ3) is 7.57. The number of nitrogens with one attached hydrogen (secondary N) is 1. The zero-order valence-corrected chi connectivity index (χ0v) is 20.2. The largest absolute Gasteiger partial charge is 0.460 e. The second kappa shape index (κ2) is 9.93. The topological polar surface area (TPSA) is 111 Å². The molecule has 33 heavy (non-hydrogen) atoms. The number of alkyl carbamates (subject to hydrolysis) is 1. The van der Waals surface area contributed by atoms with Crippen LogP contribution >= 0.6 is 0 Å². The normalized spacial score (nSPS) is 16.2. The molecule has 1 aliphatic rings. The van der Waals surface area contributed by atoms with Crippen LogP contribution in [0.3, 0.4) is 0 Å². The van der Waals surface area contributed by atoms with Gasteiger partial charge in [-0.3, -0.25) is 14.9 Å². The standard InChI is InChI=1S/C23H34FN3O6/c1-7-22(5,6)32-19(28)15-23(25-20(29)33-21(2,3)4)10-12-26(13-11-23)18-9-8-16(27(30)31)14-17(18)24/h8-9,14H,7,10-13,15H2,1-6H3,(H,25,29). The van der Waals surface area contributed by atoms with E-state index in [-0.39, 0.29) is 17.8 Å². The SMILES string of the molecule is CCC(C)(C)OC(=O)CC1(NC(=O)OC(C)(C)C)CCN(c2ccc([N+](=O)[O-])cc2F)CC1. The van der Waals surface area contributed by atoms with Gasteiger partial charge in [0, 0.05) is 19.2 Å². The Morgan fingerprint density at radius 2 is 1.79 bits per heavy atom. The van der Waals surface area contributed by atoms with E-state index in [1.807, 2.05) is 20.8 Å². The fraction of sp³-hybridized carbons (Fsp3) is 0.652. The molecule has 10 heteroatoms. The van der Waals surface area contributed by atoms with Crippen molar-refractivity contribution in [1.29, 1.82) is 0 Å². The van der Waals surface area contributed by atoms with Crippen molar-refractivity contribution in [1.82, 2.24) is 5.32 Å². The number of hydrogen-bond acceptors (Lipinski definition) is 7. The molecule has 1 aromatic carbocycles. The summed E-state index contributed by atoms with van der Waals surface area (Å²) >= 11 is 0. The summed E-state index contributed by atoms with van der Waals surface area (Å²) in [5.74, 6) is -1.13. The molecule has 1 N–H and O–H groups in total.